The summed E-state index contributed by atoms with van der Waals surface area (Å²) in [6.07, 6.45) is 0. The standard InChI is InChI=1S/C15H16IN3O3S/c1-9-3-4-11(6-12(9)16)17-14(20)7-23-8-15(21)18-13-5-10(2)22-19-13/h3-6H,7-8H2,1-2H3,(H,17,20)(H,18,19,21). The van der Waals surface area contributed by atoms with Crippen LogP contribution in [0.3, 0.4) is 0 Å². The van der Waals surface area contributed by atoms with E-state index >= 15 is 0 Å². The van der Waals surface area contributed by atoms with Crippen molar-refractivity contribution >= 4 is 57.7 Å². The second-order valence-electron chi connectivity index (χ2n) is 4.88. The summed E-state index contributed by atoms with van der Waals surface area (Å²) in [5.41, 5.74) is 1.92. The number of rotatable bonds is 6. The van der Waals surface area contributed by atoms with Crippen molar-refractivity contribution in [3.8, 4) is 0 Å². The van der Waals surface area contributed by atoms with E-state index in [4.69, 9.17) is 4.52 Å². The maximum atomic E-state index is 11.9. The Morgan fingerprint density at radius 3 is 2.48 bits per heavy atom. The van der Waals surface area contributed by atoms with Gasteiger partial charge in [-0.3, -0.25) is 9.59 Å². The minimum Gasteiger partial charge on any atom is -0.360 e. The van der Waals surface area contributed by atoms with Gasteiger partial charge in [-0.25, -0.2) is 0 Å². The van der Waals surface area contributed by atoms with E-state index in [2.05, 4.69) is 38.4 Å². The molecule has 6 nitrogen and oxygen atoms in total. The van der Waals surface area contributed by atoms with Gasteiger partial charge in [-0.05, 0) is 54.1 Å². The van der Waals surface area contributed by atoms with Crippen molar-refractivity contribution in [1.29, 1.82) is 0 Å². The number of carbonyl (C=O) groups excluding carboxylic acids is 2. The fourth-order valence-corrected chi connectivity index (χ4v) is 2.84. The van der Waals surface area contributed by atoms with Gasteiger partial charge in [-0.1, -0.05) is 11.2 Å². The molecule has 0 fully saturated rings. The molecular weight excluding hydrogens is 429 g/mol. The third kappa shape index (κ3) is 5.87. The van der Waals surface area contributed by atoms with Crippen molar-refractivity contribution in [3.63, 3.8) is 0 Å². The average molecular weight is 445 g/mol. The third-order valence-corrected chi connectivity index (χ3v) is 4.91. The minimum atomic E-state index is -0.221. The lowest BCUT2D eigenvalue weighted by Crippen LogP contribution is -2.18. The lowest BCUT2D eigenvalue weighted by atomic mass is 10.2. The summed E-state index contributed by atoms with van der Waals surface area (Å²) in [5.74, 6) is 1.02. The highest BCUT2D eigenvalue weighted by atomic mass is 127. The molecule has 1 heterocycles. The molecule has 2 amide bonds. The van der Waals surface area contributed by atoms with Gasteiger partial charge >= 0.3 is 0 Å². The van der Waals surface area contributed by atoms with Crippen LogP contribution in [0.25, 0.3) is 0 Å². The molecule has 0 radical (unpaired) electrons. The number of benzene rings is 1. The lowest BCUT2D eigenvalue weighted by molar-refractivity contribution is -0.114. The molecule has 0 aliphatic heterocycles. The molecule has 0 atom stereocenters. The number of nitrogens with zero attached hydrogens (tertiary/aromatic N) is 1. The average Bonchev–Trinajstić information content (AvgIpc) is 2.88. The van der Waals surface area contributed by atoms with Crippen LogP contribution in [-0.4, -0.2) is 28.5 Å². The third-order valence-electron chi connectivity index (χ3n) is 2.82. The van der Waals surface area contributed by atoms with Crippen molar-refractivity contribution in [2.45, 2.75) is 13.8 Å². The zero-order valence-electron chi connectivity index (χ0n) is 12.7. The molecule has 0 aliphatic carbocycles. The van der Waals surface area contributed by atoms with Crippen LogP contribution in [0.15, 0.2) is 28.8 Å². The fraction of sp³-hybridized carbons (Fsp3) is 0.267. The second kappa shape index (κ2) is 8.34. The maximum Gasteiger partial charge on any atom is 0.235 e. The van der Waals surface area contributed by atoms with Gasteiger partial charge in [0, 0.05) is 15.3 Å². The van der Waals surface area contributed by atoms with Gasteiger partial charge in [-0.2, -0.15) is 0 Å². The van der Waals surface area contributed by atoms with Crippen LogP contribution in [0.5, 0.6) is 0 Å². The highest BCUT2D eigenvalue weighted by molar-refractivity contribution is 14.1. The van der Waals surface area contributed by atoms with Crippen LogP contribution < -0.4 is 10.6 Å². The smallest absolute Gasteiger partial charge is 0.235 e. The van der Waals surface area contributed by atoms with E-state index in [0.29, 0.717) is 11.6 Å². The molecule has 1 aromatic heterocycles. The Balaban J connectivity index is 1.71. The number of anilines is 2. The number of aromatic nitrogens is 1. The van der Waals surface area contributed by atoms with E-state index < -0.39 is 0 Å². The van der Waals surface area contributed by atoms with Crippen molar-refractivity contribution in [3.05, 3.63) is 39.2 Å². The number of amides is 2. The summed E-state index contributed by atoms with van der Waals surface area (Å²) in [6, 6.07) is 7.36. The van der Waals surface area contributed by atoms with Crippen LogP contribution >= 0.6 is 34.4 Å². The summed E-state index contributed by atoms with van der Waals surface area (Å²) in [4.78, 5) is 23.6. The highest BCUT2D eigenvalue weighted by Crippen LogP contribution is 2.17. The van der Waals surface area contributed by atoms with Gasteiger partial charge in [0.1, 0.15) is 5.76 Å². The van der Waals surface area contributed by atoms with Crippen LogP contribution in [0.2, 0.25) is 0 Å². The molecule has 2 aromatic rings. The first kappa shape index (κ1) is 17.8. The second-order valence-corrected chi connectivity index (χ2v) is 7.02. The molecule has 0 unspecified atom stereocenters. The van der Waals surface area contributed by atoms with Crippen molar-refractivity contribution in [1.82, 2.24) is 5.16 Å². The van der Waals surface area contributed by atoms with Gasteiger partial charge < -0.3 is 15.2 Å². The quantitative estimate of drug-likeness (QED) is 0.668. The summed E-state index contributed by atoms with van der Waals surface area (Å²) in [6.45, 7) is 3.76. The first-order valence-electron chi connectivity index (χ1n) is 6.81. The zero-order valence-corrected chi connectivity index (χ0v) is 15.7. The molecular formula is C15H16IN3O3S. The summed E-state index contributed by atoms with van der Waals surface area (Å²) >= 11 is 3.46. The SMILES string of the molecule is Cc1cc(NC(=O)CSCC(=O)Nc2ccc(C)c(I)c2)no1. The zero-order chi connectivity index (χ0) is 16.8. The summed E-state index contributed by atoms with van der Waals surface area (Å²) in [5, 5.41) is 9.09. The molecule has 1 aromatic carbocycles. The number of thioether (sulfide) groups is 1. The normalized spacial score (nSPS) is 10.4. The van der Waals surface area contributed by atoms with Crippen LogP contribution in [0, 0.1) is 17.4 Å². The van der Waals surface area contributed by atoms with Crippen molar-refractivity contribution in [2.24, 2.45) is 0 Å². The van der Waals surface area contributed by atoms with Crippen LogP contribution in [-0.2, 0) is 9.59 Å². The number of halogens is 1. The van der Waals surface area contributed by atoms with Gasteiger partial charge in [0.15, 0.2) is 5.82 Å². The molecule has 23 heavy (non-hydrogen) atoms. The largest absolute Gasteiger partial charge is 0.360 e. The molecule has 0 bridgehead atoms. The van der Waals surface area contributed by atoms with Crippen LogP contribution in [0.1, 0.15) is 11.3 Å². The van der Waals surface area contributed by atoms with E-state index in [1.54, 1.807) is 13.0 Å². The lowest BCUT2D eigenvalue weighted by Gasteiger charge is -2.07. The van der Waals surface area contributed by atoms with Gasteiger partial charge in [-0.15, -0.1) is 11.8 Å². The topological polar surface area (TPSA) is 84.2 Å². The number of nitrogens with one attached hydrogen (secondary N) is 2. The Bertz CT molecular complexity index is 718. The Hall–Kier alpha value is -1.55. The highest BCUT2D eigenvalue weighted by Gasteiger charge is 2.09. The van der Waals surface area contributed by atoms with E-state index in [1.165, 1.54) is 11.8 Å². The molecule has 2 rings (SSSR count). The summed E-state index contributed by atoms with van der Waals surface area (Å²) < 4.78 is 5.95. The fourth-order valence-electron chi connectivity index (χ4n) is 1.71. The van der Waals surface area contributed by atoms with E-state index in [1.807, 2.05) is 25.1 Å². The number of aryl methyl sites for hydroxylation is 2. The van der Waals surface area contributed by atoms with Crippen LogP contribution in [0.4, 0.5) is 11.5 Å². The first-order valence-corrected chi connectivity index (χ1v) is 9.04. The Morgan fingerprint density at radius 2 is 1.87 bits per heavy atom. The number of hydrogen-bond donors (Lipinski definition) is 2. The molecule has 0 aliphatic rings. The van der Waals surface area contributed by atoms with E-state index in [9.17, 15) is 9.59 Å². The minimum absolute atomic E-state index is 0.139. The van der Waals surface area contributed by atoms with Gasteiger partial charge in [0.2, 0.25) is 11.8 Å². The van der Waals surface area contributed by atoms with Gasteiger partial charge in [0.25, 0.3) is 0 Å². The number of carbonyl (C=O) groups is 2. The van der Waals surface area contributed by atoms with Gasteiger partial charge in [0.05, 0.1) is 11.5 Å². The molecule has 8 heteroatoms. The Kier molecular flexibility index (Phi) is 6.46. The monoisotopic (exact) mass is 445 g/mol. The molecule has 0 saturated carbocycles. The predicted molar refractivity (Wildman–Crippen MR) is 99.7 cm³/mol. The van der Waals surface area contributed by atoms with E-state index in [0.717, 1.165) is 14.8 Å². The molecule has 0 spiro atoms. The Labute approximate surface area is 151 Å². The first-order chi connectivity index (χ1) is 10.9. The molecule has 2 N–H and O–H groups in total. The maximum absolute atomic E-state index is 11.9. The number of hydrogen-bond acceptors (Lipinski definition) is 5. The van der Waals surface area contributed by atoms with Crippen molar-refractivity contribution < 1.29 is 14.1 Å². The van der Waals surface area contributed by atoms with Crippen molar-refractivity contribution in [2.75, 3.05) is 22.1 Å². The molecule has 0 saturated heterocycles. The van der Waals surface area contributed by atoms with E-state index in [-0.39, 0.29) is 23.3 Å². The Morgan fingerprint density at radius 1 is 1.17 bits per heavy atom. The summed E-state index contributed by atoms with van der Waals surface area (Å²) in [7, 11) is 0. The predicted octanol–water partition coefficient (Wildman–Crippen LogP) is 3.21. The molecule has 122 valence electrons.